The van der Waals surface area contributed by atoms with E-state index in [0.29, 0.717) is 24.8 Å². The fourth-order valence-corrected chi connectivity index (χ4v) is 6.41. The number of halogens is 1. The largest absolute Gasteiger partial charge is 0.491 e. The number of carboxylic acids is 1. The van der Waals surface area contributed by atoms with Gasteiger partial charge in [-0.25, -0.2) is 9.37 Å². The van der Waals surface area contributed by atoms with E-state index in [-0.39, 0.29) is 29.0 Å². The summed E-state index contributed by atoms with van der Waals surface area (Å²) in [5, 5.41) is 12.2. The number of carboxylic acid groups (broad SMARTS) is 1. The number of para-hydroxylation sites is 1. The Hall–Kier alpha value is -3.82. The Kier molecular flexibility index (Phi) is 13.3. The first-order chi connectivity index (χ1) is 23.3. The third-order valence-corrected chi connectivity index (χ3v) is 10.7. The van der Waals surface area contributed by atoms with Crippen LogP contribution in [-0.2, 0) is 22.4 Å². The molecule has 9 nitrogen and oxygen atoms in total. The lowest BCUT2D eigenvalue weighted by Crippen LogP contribution is -2.50. The average Bonchev–Trinajstić information content (AvgIpc) is 3.42. The van der Waals surface area contributed by atoms with Crippen LogP contribution in [0.1, 0.15) is 84.4 Å². The van der Waals surface area contributed by atoms with Crippen LogP contribution in [0.3, 0.4) is 0 Å². The molecule has 0 saturated carbocycles. The highest BCUT2D eigenvalue weighted by molar-refractivity contribution is 5.82. The lowest BCUT2D eigenvalue weighted by molar-refractivity contribution is -0.147. The molecule has 2 aromatic rings. The van der Waals surface area contributed by atoms with Crippen LogP contribution in [0.15, 0.2) is 48.8 Å². The van der Waals surface area contributed by atoms with Gasteiger partial charge in [0, 0.05) is 56.9 Å². The van der Waals surface area contributed by atoms with E-state index in [1.807, 2.05) is 18.7 Å². The predicted molar refractivity (Wildman–Crippen MR) is 193 cm³/mol. The van der Waals surface area contributed by atoms with E-state index in [4.69, 9.17) is 14.8 Å². The SMILES string of the molecule is C=C1N(CCCc2ccc3c(n2)NCCC3)CCN1CCC(=O)O.CC(C)(C)C(C)(C)C(=O)N1CCC(CCOc2ccccc2F)CC1. The van der Waals surface area contributed by atoms with E-state index in [0.717, 1.165) is 95.1 Å². The van der Waals surface area contributed by atoms with Crippen molar-refractivity contribution in [1.29, 1.82) is 0 Å². The van der Waals surface area contributed by atoms with Crippen LogP contribution in [-0.4, -0.2) is 89.1 Å². The molecule has 270 valence electrons. The fraction of sp³-hybridized carbons (Fsp3) is 0.615. The molecule has 0 aliphatic carbocycles. The molecule has 49 heavy (non-hydrogen) atoms. The topological polar surface area (TPSA) is 98.2 Å². The van der Waals surface area contributed by atoms with Gasteiger partial charge in [0.25, 0.3) is 0 Å². The maximum absolute atomic E-state index is 13.5. The zero-order chi connectivity index (χ0) is 35.6. The highest BCUT2D eigenvalue weighted by atomic mass is 19.1. The number of likely N-dealkylation sites (tertiary alicyclic amines) is 1. The number of hydrogen-bond acceptors (Lipinski definition) is 7. The molecule has 1 aromatic heterocycles. The number of carbonyl (C=O) groups is 2. The summed E-state index contributed by atoms with van der Waals surface area (Å²) in [6, 6.07) is 10.9. The zero-order valence-corrected chi connectivity index (χ0v) is 30.4. The van der Waals surface area contributed by atoms with E-state index in [1.165, 1.54) is 18.1 Å². The monoisotopic (exact) mass is 679 g/mol. The van der Waals surface area contributed by atoms with Crippen LogP contribution in [0.5, 0.6) is 5.75 Å². The van der Waals surface area contributed by atoms with Gasteiger partial charge in [-0.05, 0) is 80.0 Å². The smallest absolute Gasteiger partial charge is 0.305 e. The maximum Gasteiger partial charge on any atom is 0.305 e. The fourth-order valence-electron chi connectivity index (χ4n) is 6.41. The van der Waals surface area contributed by atoms with Crippen molar-refractivity contribution in [3.8, 4) is 5.75 Å². The maximum atomic E-state index is 13.5. The number of nitrogens with one attached hydrogen (secondary N) is 1. The number of aliphatic carboxylic acids is 1. The van der Waals surface area contributed by atoms with Crippen LogP contribution in [0, 0.1) is 22.6 Å². The summed E-state index contributed by atoms with van der Waals surface area (Å²) in [5.74, 6) is 2.05. The Morgan fingerprint density at radius 1 is 1.02 bits per heavy atom. The normalized spacial score (nSPS) is 16.9. The summed E-state index contributed by atoms with van der Waals surface area (Å²) in [5.41, 5.74) is 2.03. The van der Waals surface area contributed by atoms with Crippen LogP contribution in [0.2, 0.25) is 0 Å². The molecular formula is C39H58FN5O4. The Morgan fingerprint density at radius 2 is 1.71 bits per heavy atom. The second-order valence-corrected chi connectivity index (χ2v) is 15.2. The number of amides is 1. The molecule has 10 heteroatoms. The molecule has 0 spiro atoms. The van der Waals surface area contributed by atoms with Gasteiger partial charge in [-0.1, -0.05) is 59.4 Å². The Balaban J connectivity index is 0.000000221. The number of aryl methyl sites for hydroxylation is 2. The van der Waals surface area contributed by atoms with Gasteiger partial charge < -0.3 is 29.9 Å². The number of fused-ring (bicyclic) bond motifs is 1. The van der Waals surface area contributed by atoms with Gasteiger partial charge in [0.1, 0.15) is 5.82 Å². The molecule has 0 bridgehead atoms. The van der Waals surface area contributed by atoms with Crippen LogP contribution in [0.4, 0.5) is 10.2 Å². The van der Waals surface area contributed by atoms with Gasteiger partial charge in [0.2, 0.25) is 5.91 Å². The molecule has 1 aromatic carbocycles. The second-order valence-electron chi connectivity index (χ2n) is 15.2. The van der Waals surface area contributed by atoms with Gasteiger partial charge >= 0.3 is 5.97 Å². The number of benzene rings is 1. The first-order valence-corrected chi connectivity index (χ1v) is 18.1. The molecular weight excluding hydrogens is 621 g/mol. The van der Waals surface area contributed by atoms with Crippen molar-refractivity contribution in [2.45, 2.75) is 86.0 Å². The van der Waals surface area contributed by atoms with Crippen LogP contribution >= 0.6 is 0 Å². The third-order valence-electron chi connectivity index (χ3n) is 10.7. The van der Waals surface area contributed by atoms with E-state index in [1.54, 1.807) is 18.2 Å². The van der Waals surface area contributed by atoms with Gasteiger partial charge in [-0.3, -0.25) is 9.59 Å². The molecule has 1 amide bonds. The quantitative estimate of drug-likeness (QED) is 0.252. The molecule has 3 aliphatic rings. The molecule has 0 atom stereocenters. The summed E-state index contributed by atoms with van der Waals surface area (Å²) in [7, 11) is 0. The number of pyridine rings is 1. The number of hydrogen-bond donors (Lipinski definition) is 2. The summed E-state index contributed by atoms with van der Waals surface area (Å²) in [6.07, 6.45) is 7.33. The summed E-state index contributed by atoms with van der Waals surface area (Å²) in [6.45, 7) is 21.0. The van der Waals surface area contributed by atoms with Gasteiger partial charge in [-0.15, -0.1) is 0 Å². The molecule has 2 fully saturated rings. The van der Waals surface area contributed by atoms with Crippen LogP contribution in [0.25, 0.3) is 0 Å². The number of ether oxygens (including phenoxy) is 1. The van der Waals surface area contributed by atoms with E-state index in [9.17, 15) is 14.0 Å². The van der Waals surface area contributed by atoms with Crippen molar-refractivity contribution < 1.29 is 23.8 Å². The minimum Gasteiger partial charge on any atom is -0.491 e. The molecule has 2 saturated heterocycles. The van der Waals surface area contributed by atoms with E-state index in [2.05, 4.69) is 54.6 Å². The molecule has 0 radical (unpaired) electrons. The number of rotatable bonds is 12. The minimum absolute atomic E-state index is 0.0610. The van der Waals surface area contributed by atoms with Gasteiger partial charge in [-0.2, -0.15) is 0 Å². The van der Waals surface area contributed by atoms with Crippen molar-refractivity contribution in [3.05, 3.63) is 65.9 Å². The highest BCUT2D eigenvalue weighted by Crippen LogP contribution is 2.40. The van der Waals surface area contributed by atoms with Crippen molar-refractivity contribution in [1.82, 2.24) is 19.7 Å². The highest BCUT2D eigenvalue weighted by Gasteiger charge is 2.42. The zero-order valence-electron chi connectivity index (χ0n) is 30.4. The summed E-state index contributed by atoms with van der Waals surface area (Å²) < 4.78 is 19.1. The summed E-state index contributed by atoms with van der Waals surface area (Å²) in [4.78, 5) is 34.6. The van der Waals surface area contributed by atoms with Crippen molar-refractivity contribution in [2.24, 2.45) is 16.7 Å². The Morgan fingerprint density at radius 3 is 2.39 bits per heavy atom. The Bertz CT molecular complexity index is 1420. The van der Waals surface area contributed by atoms with Crippen molar-refractivity contribution >= 4 is 17.7 Å². The molecule has 3 aliphatic heterocycles. The number of piperidine rings is 1. The molecule has 2 N–H and O–H groups in total. The second kappa shape index (κ2) is 17.2. The molecule has 0 unspecified atom stereocenters. The number of anilines is 1. The standard InChI is InChI=1S/C21H32FNO2.C18H26N4O2/c1-20(2,3)21(4,5)19(24)23-13-10-16(11-14-23)12-15-25-18-9-7-6-8-17(18)22;1-14-21(12-13-22(14)11-8-17(23)24)10-3-5-16-7-6-15-4-2-9-19-18(15)20-16/h6-9,16H,10-15H2,1-5H3;6-7H,1-5,8-13H2,(H,19,20)(H,23,24). The van der Waals surface area contributed by atoms with Gasteiger partial charge in [0.05, 0.1) is 18.8 Å². The lowest BCUT2D eigenvalue weighted by Gasteiger charge is -2.43. The first-order valence-electron chi connectivity index (χ1n) is 18.1. The average molecular weight is 680 g/mol. The van der Waals surface area contributed by atoms with E-state index >= 15 is 0 Å². The number of carbonyl (C=O) groups excluding carboxylic acids is 1. The lowest BCUT2D eigenvalue weighted by atomic mass is 9.68. The molecule has 5 rings (SSSR count). The summed E-state index contributed by atoms with van der Waals surface area (Å²) >= 11 is 0. The number of aromatic nitrogens is 1. The minimum atomic E-state index is -0.756. The van der Waals surface area contributed by atoms with Crippen molar-refractivity contribution in [2.75, 3.05) is 57.7 Å². The first kappa shape index (κ1) is 38.0. The number of nitrogens with zero attached hydrogens (tertiary/aromatic N) is 4. The van der Waals surface area contributed by atoms with Gasteiger partial charge in [0.15, 0.2) is 11.6 Å². The molecule has 4 heterocycles. The Labute approximate surface area is 292 Å². The predicted octanol–water partition coefficient (Wildman–Crippen LogP) is 6.84. The van der Waals surface area contributed by atoms with E-state index < -0.39 is 5.97 Å². The van der Waals surface area contributed by atoms with Crippen molar-refractivity contribution in [3.63, 3.8) is 0 Å². The third kappa shape index (κ3) is 10.6. The van der Waals surface area contributed by atoms with Crippen LogP contribution < -0.4 is 10.1 Å².